The van der Waals surface area contributed by atoms with E-state index in [4.69, 9.17) is 11.6 Å². The highest BCUT2D eigenvalue weighted by atomic mass is 35.5. The van der Waals surface area contributed by atoms with Crippen LogP contribution in [0, 0.1) is 0 Å². The maximum atomic E-state index is 12.8. The van der Waals surface area contributed by atoms with E-state index in [1.165, 1.54) is 18.3 Å². The molecular formula is C16H9ClF6N2O. The van der Waals surface area contributed by atoms with Gasteiger partial charge in [0.1, 0.15) is 0 Å². The number of hydrogen-bond acceptors (Lipinski definition) is 2. The Bertz CT molecular complexity index is 813. The number of amides is 1. The number of aromatic nitrogens is 1. The zero-order valence-electron chi connectivity index (χ0n) is 12.6. The smallest absolute Gasteiger partial charge is 0.320 e. The Kier molecular flexibility index (Phi) is 5.60. The predicted octanol–water partition coefficient (Wildman–Crippen LogP) is 5.42. The molecule has 0 fully saturated rings. The molecule has 2 rings (SSSR count). The van der Waals surface area contributed by atoms with E-state index in [1.807, 2.05) is 0 Å². The van der Waals surface area contributed by atoms with Gasteiger partial charge in [-0.05, 0) is 42.0 Å². The summed E-state index contributed by atoms with van der Waals surface area (Å²) in [6, 6.07) is 3.93. The van der Waals surface area contributed by atoms with Crippen molar-refractivity contribution < 1.29 is 31.1 Å². The van der Waals surface area contributed by atoms with Crippen molar-refractivity contribution in [2.75, 3.05) is 5.32 Å². The first-order valence-corrected chi connectivity index (χ1v) is 7.23. The number of alkyl halides is 6. The van der Waals surface area contributed by atoms with E-state index in [2.05, 4.69) is 10.3 Å². The first-order chi connectivity index (χ1) is 12.0. The first-order valence-electron chi connectivity index (χ1n) is 6.86. The third-order valence-corrected chi connectivity index (χ3v) is 3.36. The highest BCUT2D eigenvalue weighted by Crippen LogP contribution is 2.36. The van der Waals surface area contributed by atoms with Crippen molar-refractivity contribution >= 4 is 29.3 Å². The van der Waals surface area contributed by atoms with Crippen molar-refractivity contribution in [1.29, 1.82) is 0 Å². The Morgan fingerprint density at radius 3 is 2.12 bits per heavy atom. The molecule has 10 heteroatoms. The second-order valence-corrected chi connectivity index (χ2v) is 5.36. The van der Waals surface area contributed by atoms with Crippen molar-refractivity contribution in [1.82, 2.24) is 4.98 Å². The molecule has 26 heavy (non-hydrogen) atoms. The SMILES string of the molecule is O=C(/C=C/c1cc(C(F)(F)F)cc(C(F)(F)F)c1)Nc1cccnc1Cl. The van der Waals surface area contributed by atoms with Crippen LogP contribution in [0.4, 0.5) is 32.0 Å². The first kappa shape index (κ1) is 19.8. The van der Waals surface area contributed by atoms with Gasteiger partial charge in [-0.2, -0.15) is 26.3 Å². The number of rotatable bonds is 3. The summed E-state index contributed by atoms with van der Waals surface area (Å²) in [6.07, 6.45) is -6.93. The quantitative estimate of drug-likeness (QED) is 0.429. The Hall–Kier alpha value is -2.55. The second kappa shape index (κ2) is 7.36. The van der Waals surface area contributed by atoms with Crippen LogP contribution in [-0.2, 0) is 17.1 Å². The van der Waals surface area contributed by atoms with Gasteiger partial charge in [-0.3, -0.25) is 4.79 Å². The van der Waals surface area contributed by atoms with Gasteiger partial charge in [0, 0.05) is 12.3 Å². The summed E-state index contributed by atoms with van der Waals surface area (Å²) in [4.78, 5) is 15.5. The molecule has 0 aliphatic rings. The molecule has 138 valence electrons. The molecule has 0 saturated carbocycles. The number of anilines is 1. The lowest BCUT2D eigenvalue weighted by Gasteiger charge is -2.12. The van der Waals surface area contributed by atoms with E-state index in [9.17, 15) is 31.1 Å². The number of benzene rings is 1. The van der Waals surface area contributed by atoms with Gasteiger partial charge in [0.2, 0.25) is 5.91 Å². The number of carbonyl (C=O) groups excluding carboxylic acids is 1. The van der Waals surface area contributed by atoms with Crippen molar-refractivity contribution in [3.63, 3.8) is 0 Å². The number of nitrogens with one attached hydrogen (secondary N) is 1. The second-order valence-electron chi connectivity index (χ2n) is 5.00. The van der Waals surface area contributed by atoms with Crippen LogP contribution >= 0.6 is 11.6 Å². The molecule has 0 bridgehead atoms. The molecule has 2 aromatic rings. The predicted molar refractivity (Wildman–Crippen MR) is 83.4 cm³/mol. The van der Waals surface area contributed by atoms with Crippen molar-refractivity contribution in [3.05, 3.63) is 64.4 Å². The van der Waals surface area contributed by atoms with Crippen LogP contribution in [0.1, 0.15) is 16.7 Å². The molecule has 3 nitrogen and oxygen atoms in total. The normalized spacial score (nSPS) is 12.4. The monoisotopic (exact) mass is 394 g/mol. The van der Waals surface area contributed by atoms with Crippen molar-refractivity contribution in [2.45, 2.75) is 12.4 Å². The average Bonchev–Trinajstić information content (AvgIpc) is 2.53. The zero-order valence-corrected chi connectivity index (χ0v) is 13.4. The van der Waals surface area contributed by atoms with Crippen LogP contribution in [0.15, 0.2) is 42.6 Å². The van der Waals surface area contributed by atoms with E-state index < -0.39 is 35.0 Å². The average molecular weight is 395 g/mol. The highest BCUT2D eigenvalue weighted by molar-refractivity contribution is 6.32. The molecule has 1 aromatic heterocycles. The van der Waals surface area contributed by atoms with Crippen LogP contribution in [0.2, 0.25) is 5.15 Å². The van der Waals surface area contributed by atoms with Gasteiger partial charge in [0.05, 0.1) is 16.8 Å². The van der Waals surface area contributed by atoms with Gasteiger partial charge in [-0.25, -0.2) is 4.98 Å². The molecule has 1 heterocycles. The minimum absolute atomic E-state index is 0.00677. The van der Waals surface area contributed by atoms with Gasteiger partial charge in [0.15, 0.2) is 5.15 Å². The van der Waals surface area contributed by atoms with Crippen LogP contribution in [-0.4, -0.2) is 10.9 Å². The Morgan fingerprint density at radius 1 is 1.04 bits per heavy atom. The van der Waals surface area contributed by atoms with Crippen LogP contribution in [0.3, 0.4) is 0 Å². The van der Waals surface area contributed by atoms with E-state index in [0.717, 1.165) is 12.2 Å². The molecule has 0 unspecified atom stereocenters. The van der Waals surface area contributed by atoms with E-state index >= 15 is 0 Å². The number of pyridine rings is 1. The summed E-state index contributed by atoms with van der Waals surface area (Å²) >= 11 is 5.73. The molecule has 1 amide bonds. The molecule has 0 radical (unpaired) electrons. The Balaban J connectivity index is 2.29. The molecule has 0 saturated heterocycles. The number of hydrogen-bond donors (Lipinski definition) is 1. The lowest BCUT2D eigenvalue weighted by Crippen LogP contribution is -2.11. The zero-order chi connectivity index (χ0) is 19.5. The summed E-state index contributed by atoms with van der Waals surface area (Å²) in [7, 11) is 0. The third kappa shape index (κ3) is 5.22. The number of nitrogens with zero attached hydrogens (tertiary/aromatic N) is 1. The van der Waals surface area contributed by atoms with Gasteiger partial charge < -0.3 is 5.32 Å². The third-order valence-electron chi connectivity index (χ3n) is 3.05. The lowest BCUT2D eigenvalue weighted by atomic mass is 10.0. The molecule has 0 spiro atoms. The summed E-state index contributed by atoms with van der Waals surface area (Å²) < 4.78 is 76.6. The summed E-state index contributed by atoms with van der Waals surface area (Å²) in [5, 5.41) is 2.28. The fraction of sp³-hybridized carbons (Fsp3) is 0.125. The van der Waals surface area contributed by atoms with Gasteiger partial charge in [-0.1, -0.05) is 11.6 Å². The number of halogens is 7. The molecular weight excluding hydrogens is 386 g/mol. The fourth-order valence-electron chi connectivity index (χ4n) is 1.90. The molecule has 0 atom stereocenters. The van der Waals surface area contributed by atoms with Gasteiger partial charge >= 0.3 is 12.4 Å². The summed E-state index contributed by atoms with van der Waals surface area (Å²) in [6.45, 7) is 0. The topological polar surface area (TPSA) is 42.0 Å². The maximum Gasteiger partial charge on any atom is 0.416 e. The summed E-state index contributed by atoms with van der Waals surface area (Å²) in [5.74, 6) is -0.800. The standard InChI is InChI=1S/C16H9ClF6N2O/c17-14-12(2-1-5-24-14)25-13(26)4-3-9-6-10(15(18,19)20)8-11(7-9)16(21,22)23/h1-8H,(H,25,26)/b4-3+. The molecule has 0 aliphatic carbocycles. The van der Waals surface area contributed by atoms with Crippen LogP contribution < -0.4 is 5.32 Å². The van der Waals surface area contributed by atoms with Crippen LogP contribution in [0.25, 0.3) is 6.08 Å². The van der Waals surface area contributed by atoms with E-state index in [-0.39, 0.29) is 16.9 Å². The molecule has 1 aromatic carbocycles. The highest BCUT2D eigenvalue weighted by Gasteiger charge is 2.36. The van der Waals surface area contributed by atoms with Gasteiger partial charge in [0.25, 0.3) is 0 Å². The Morgan fingerprint density at radius 2 is 1.62 bits per heavy atom. The lowest BCUT2D eigenvalue weighted by molar-refractivity contribution is -0.143. The number of carbonyl (C=O) groups is 1. The fourth-order valence-corrected chi connectivity index (χ4v) is 2.07. The van der Waals surface area contributed by atoms with E-state index in [0.29, 0.717) is 12.1 Å². The van der Waals surface area contributed by atoms with Gasteiger partial charge in [-0.15, -0.1) is 0 Å². The van der Waals surface area contributed by atoms with Crippen molar-refractivity contribution in [3.8, 4) is 0 Å². The summed E-state index contributed by atoms with van der Waals surface area (Å²) in [5.41, 5.74) is -3.23. The largest absolute Gasteiger partial charge is 0.416 e. The Labute approximate surface area is 148 Å². The maximum absolute atomic E-state index is 12.8. The van der Waals surface area contributed by atoms with E-state index in [1.54, 1.807) is 0 Å². The molecule has 0 aliphatic heterocycles. The minimum Gasteiger partial charge on any atom is -0.320 e. The molecule has 1 N–H and O–H groups in total. The minimum atomic E-state index is -4.96. The van der Waals surface area contributed by atoms with Crippen LogP contribution in [0.5, 0.6) is 0 Å². The van der Waals surface area contributed by atoms with Crippen molar-refractivity contribution in [2.24, 2.45) is 0 Å².